The predicted molar refractivity (Wildman–Crippen MR) is 109 cm³/mol. The molecule has 1 heterocycles. The summed E-state index contributed by atoms with van der Waals surface area (Å²) in [5, 5.41) is 0. The molecule has 0 N–H and O–H groups in total. The van der Waals surface area contributed by atoms with E-state index >= 15 is 0 Å². The maximum absolute atomic E-state index is 4.50. The van der Waals surface area contributed by atoms with E-state index in [1.54, 1.807) is 12.4 Å². The average Bonchev–Trinajstić information content (AvgIpc) is 3.01. The summed E-state index contributed by atoms with van der Waals surface area (Å²) < 4.78 is 0. The normalized spacial score (nSPS) is 10.2. The molecule has 4 heteroatoms. The molecule has 0 amide bonds. The Labute approximate surface area is 167 Å². The summed E-state index contributed by atoms with van der Waals surface area (Å²) in [6, 6.07) is 20.0. The van der Waals surface area contributed by atoms with E-state index in [1.165, 1.54) is 0 Å². The molecule has 0 aliphatic rings. The minimum absolute atomic E-state index is 0. The number of aliphatic imine (C=N–C) groups is 2. The fraction of sp³-hybridized carbons (Fsp3) is 0.0909. The van der Waals surface area contributed by atoms with Crippen LogP contribution in [-0.4, -0.2) is 12.4 Å². The van der Waals surface area contributed by atoms with Gasteiger partial charge in [-0.1, -0.05) is 48.5 Å². The molecular formula is C22H24FeN3. The van der Waals surface area contributed by atoms with Gasteiger partial charge in [-0.3, -0.25) is 9.98 Å². The third kappa shape index (κ3) is 6.14. The Morgan fingerprint density at radius 2 is 1.04 bits per heavy atom. The van der Waals surface area contributed by atoms with E-state index in [9.17, 15) is 0 Å². The van der Waals surface area contributed by atoms with Crippen LogP contribution in [0.15, 0.2) is 70.6 Å². The summed E-state index contributed by atoms with van der Waals surface area (Å²) >= 11 is 0. The zero-order chi connectivity index (χ0) is 16.1. The molecule has 0 aliphatic carbocycles. The number of benzene rings is 2. The maximum atomic E-state index is 4.50. The summed E-state index contributed by atoms with van der Waals surface area (Å²) in [6.07, 6.45) is 3.57. The summed E-state index contributed by atoms with van der Waals surface area (Å²) in [5.41, 5.74) is 5.89. The second kappa shape index (κ2) is 11.2. The first kappa shape index (κ1) is 23.6. The van der Waals surface area contributed by atoms with Crippen molar-refractivity contribution in [3.8, 4) is 0 Å². The largest absolute Gasteiger partial charge is 3.00 e. The molecule has 0 bridgehead atoms. The Hall–Kier alpha value is -2.42. The molecule has 1 radical (unpaired) electrons. The molecule has 0 saturated carbocycles. The smallest absolute Gasteiger partial charge is 0.655 e. The molecule has 1 aromatic heterocycles. The fourth-order valence-corrected chi connectivity index (χ4v) is 2.23. The van der Waals surface area contributed by atoms with E-state index in [0.717, 1.165) is 33.9 Å². The Morgan fingerprint density at radius 3 is 1.42 bits per heavy atom. The molecule has 0 spiro atoms. The average molecular weight is 386 g/mol. The molecule has 135 valence electrons. The molecule has 3 aromatic rings. The van der Waals surface area contributed by atoms with Crippen molar-refractivity contribution in [3.05, 3.63) is 98.0 Å². The minimum atomic E-state index is 0. The van der Waals surface area contributed by atoms with Gasteiger partial charge in [0.25, 0.3) is 0 Å². The van der Waals surface area contributed by atoms with E-state index in [2.05, 4.69) is 15.0 Å². The summed E-state index contributed by atoms with van der Waals surface area (Å²) in [6.45, 7) is 4.09. The Kier molecular flexibility index (Phi) is 10.2. The second-order valence-corrected chi connectivity index (χ2v) is 5.38. The van der Waals surface area contributed by atoms with Crippen LogP contribution in [0.5, 0.6) is 0 Å². The molecule has 0 aliphatic heterocycles. The first-order chi connectivity index (χ1) is 11.2. The first-order valence-electron chi connectivity index (χ1n) is 7.55. The van der Waals surface area contributed by atoms with Crippen molar-refractivity contribution in [2.45, 2.75) is 13.8 Å². The Morgan fingerprint density at radius 1 is 0.654 bits per heavy atom. The SMILES string of the molecule is Cc1ccccc1N=Cc1ccc(C=Nc2ccccc2C)[n-]1.[CH3-].[CH3-].[Fe+3]. The zero-order valence-corrected chi connectivity index (χ0v) is 16.7. The number of hydrogen-bond donors (Lipinski definition) is 0. The quantitative estimate of drug-likeness (QED) is 0.324. The number of hydrogen-bond acceptors (Lipinski definition) is 2. The van der Waals surface area contributed by atoms with E-state index in [4.69, 9.17) is 0 Å². The summed E-state index contributed by atoms with van der Waals surface area (Å²) in [4.78, 5) is 13.5. The van der Waals surface area contributed by atoms with Crippen molar-refractivity contribution in [2.75, 3.05) is 0 Å². The van der Waals surface area contributed by atoms with E-state index < -0.39 is 0 Å². The molecule has 26 heavy (non-hydrogen) atoms. The molecule has 3 rings (SSSR count). The van der Waals surface area contributed by atoms with E-state index in [-0.39, 0.29) is 31.9 Å². The first-order valence-corrected chi connectivity index (χ1v) is 7.55. The van der Waals surface area contributed by atoms with Gasteiger partial charge >= 0.3 is 17.1 Å². The van der Waals surface area contributed by atoms with Gasteiger partial charge < -0.3 is 19.8 Å². The number of rotatable bonds is 4. The summed E-state index contributed by atoms with van der Waals surface area (Å²) in [5.74, 6) is 0. The third-order valence-corrected chi connectivity index (χ3v) is 3.59. The molecule has 0 unspecified atom stereocenters. The van der Waals surface area contributed by atoms with Crippen LogP contribution in [-0.2, 0) is 17.1 Å². The van der Waals surface area contributed by atoms with E-state index in [1.807, 2.05) is 74.5 Å². The second-order valence-electron chi connectivity index (χ2n) is 5.38. The predicted octanol–water partition coefficient (Wildman–Crippen LogP) is 5.66. The van der Waals surface area contributed by atoms with Gasteiger partial charge in [-0.25, -0.2) is 0 Å². The van der Waals surface area contributed by atoms with Crippen LogP contribution in [0, 0.1) is 28.7 Å². The Balaban J connectivity index is 0.00000208. The van der Waals surface area contributed by atoms with Crippen LogP contribution >= 0.6 is 0 Å². The number of nitrogens with zero attached hydrogens (tertiary/aromatic N) is 3. The van der Waals surface area contributed by atoms with Gasteiger partial charge in [-0.15, -0.1) is 11.4 Å². The van der Waals surface area contributed by atoms with E-state index in [0.29, 0.717) is 0 Å². The number of aryl methyl sites for hydroxylation is 2. The number of para-hydroxylation sites is 2. The van der Waals surface area contributed by atoms with Crippen LogP contribution in [0.3, 0.4) is 0 Å². The molecule has 0 atom stereocenters. The van der Waals surface area contributed by atoms with Crippen LogP contribution in [0.25, 0.3) is 0 Å². The van der Waals surface area contributed by atoms with Crippen LogP contribution in [0.1, 0.15) is 22.5 Å². The van der Waals surface area contributed by atoms with Gasteiger partial charge in [0.2, 0.25) is 0 Å². The summed E-state index contributed by atoms with van der Waals surface area (Å²) in [7, 11) is 0. The van der Waals surface area contributed by atoms with Crippen molar-refractivity contribution in [3.63, 3.8) is 0 Å². The molecule has 0 fully saturated rings. The van der Waals surface area contributed by atoms with Gasteiger partial charge in [-0.05, 0) is 37.1 Å². The molecule has 0 saturated heterocycles. The van der Waals surface area contributed by atoms with Crippen molar-refractivity contribution in [2.24, 2.45) is 9.98 Å². The molecule has 2 aromatic carbocycles. The van der Waals surface area contributed by atoms with Gasteiger partial charge in [0, 0.05) is 12.4 Å². The van der Waals surface area contributed by atoms with Gasteiger partial charge in [-0.2, -0.15) is 0 Å². The van der Waals surface area contributed by atoms with Crippen molar-refractivity contribution in [1.29, 1.82) is 0 Å². The minimum Gasteiger partial charge on any atom is -0.655 e. The maximum Gasteiger partial charge on any atom is 3.00 e. The van der Waals surface area contributed by atoms with Crippen LogP contribution in [0.4, 0.5) is 11.4 Å². The van der Waals surface area contributed by atoms with Gasteiger partial charge in [0.15, 0.2) is 0 Å². The monoisotopic (exact) mass is 386 g/mol. The topological polar surface area (TPSA) is 38.8 Å². The van der Waals surface area contributed by atoms with Gasteiger partial charge in [0.1, 0.15) is 0 Å². The number of aromatic nitrogens is 1. The van der Waals surface area contributed by atoms with Gasteiger partial charge in [0.05, 0.1) is 11.4 Å². The fourth-order valence-electron chi connectivity index (χ4n) is 2.23. The van der Waals surface area contributed by atoms with Crippen molar-refractivity contribution >= 4 is 23.8 Å². The van der Waals surface area contributed by atoms with Crippen molar-refractivity contribution in [1.82, 2.24) is 4.98 Å². The standard InChI is InChI=1S/C20H18N3.2CH3.Fe/c1-15-7-3-5-9-19(15)21-13-17-11-12-18(23-17)14-22-20-10-6-4-8-16(20)2;;;/h3-14H,1-2H3;2*1H3;/q3*-1;+3. The molecular weight excluding hydrogens is 362 g/mol. The Bertz CT molecular complexity index is 793. The van der Waals surface area contributed by atoms with Crippen molar-refractivity contribution < 1.29 is 17.1 Å². The third-order valence-electron chi connectivity index (χ3n) is 3.59. The zero-order valence-electron chi connectivity index (χ0n) is 15.6. The van der Waals surface area contributed by atoms with Crippen LogP contribution < -0.4 is 4.98 Å². The van der Waals surface area contributed by atoms with Crippen LogP contribution in [0.2, 0.25) is 0 Å². The molecule has 3 nitrogen and oxygen atoms in total.